The Kier molecular flexibility index (Phi) is 3.16. The Hall–Kier alpha value is -1.92. The van der Waals surface area contributed by atoms with Gasteiger partial charge < -0.3 is 9.84 Å². The minimum absolute atomic E-state index is 0.0729. The minimum Gasteiger partial charge on any atom is -0.485 e. The highest BCUT2D eigenvalue weighted by Gasteiger charge is 2.44. The van der Waals surface area contributed by atoms with Gasteiger partial charge in [-0.2, -0.15) is 5.10 Å². The number of fused-ring (bicyclic) bond motifs is 1. The first-order valence-electron chi connectivity index (χ1n) is 7.08. The zero-order valence-corrected chi connectivity index (χ0v) is 13.3. The molecular formula is C16H14BrN3O2. The Morgan fingerprint density at radius 1 is 1.18 bits per heavy atom. The number of benzene rings is 1. The molecule has 1 saturated carbocycles. The van der Waals surface area contributed by atoms with Crippen molar-refractivity contribution in [2.24, 2.45) is 0 Å². The molecule has 1 aliphatic rings. The minimum atomic E-state index is -0.344. The predicted octanol–water partition coefficient (Wildman–Crippen LogP) is 3.06. The summed E-state index contributed by atoms with van der Waals surface area (Å²) in [5, 5.41) is 13.6. The SMILES string of the molecule is OCC1(Oc2ccc(-c3cnc4c(Br)cnn4c3)cc2)CC1. The molecule has 3 aromatic rings. The van der Waals surface area contributed by atoms with Crippen LogP contribution in [0, 0.1) is 0 Å². The van der Waals surface area contributed by atoms with Crippen molar-refractivity contribution in [2.45, 2.75) is 18.4 Å². The second-order valence-corrected chi connectivity index (χ2v) is 6.43. The molecule has 2 aromatic heterocycles. The van der Waals surface area contributed by atoms with E-state index in [1.54, 1.807) is 10.7 Å². The van der Waals surface area contributed by atoms with Crippen LogP contribution in [0.2, 0.25) is 0 Å². The van der Waals surface area contributed by atoms with Crippen molar-refractivity contribution in [3.8, 4) is 16.9 Å². The van der Waals surface area contributed by atoms with Crippen LogP contribution >= 0.6 is 15.9 Å². The fourth-order valence-electron chi connectivity index (χ4n) is 2.39. The van der Waals surface area contributed by atoms with E-state index in [4.69, 9.17) is 4.74 Å². The van der Waals surface area contributed by atoms with Gasteiger partial charge in [-0.25, -0.2) is 9.50 Å². The highest BCUT2D eigenvalue weighted by Crippen LogP contribution is 2.40. The molecule has 0 atom stereocenters. The summed E-state index contributed by atoms with van der Waals surface area (Å²) in [6.45, 7) is 0.0729. The molecule has 0 spiro atoms. The topological polar surface area (TPSA) is 59.7 Å². The highest BCUT2D eigenvalue weighted by atomic mass is 79.9. The second-order valence-electron chi connectivity index (χ2n) is 5.57. The smallest absolute Gasteiger partial charge is 0.169 e. The van der Waals surface area contributed by atoms with Crippen molar-refractivity contribution in [2.75, 3.05) is 6.61 Å². The van der Waals surface area contributed by atoms with E-state index >= 15 is 0 Å². The first-order chi connectivity index (χ1) is 10.7. The maximum Gasteiger partial charge on any atom is 0.169 e. The molecule has 6 heteroatoms. The number of hydrogen-bond acceptors (Lipinski definition) is 4. The van der Waals surface area contributed by atoms with Crippen LogP contribution in [0.4, 0.5) is 0 Å². The third-order valence-electron chi connectivity index (χ3n) is 3.93. The molecule has 4 rings (SSSR count). The standard InChI is InChI=1S/C16H14BrN3O2/c17-14-8-19-20-9-12(7-18-15(14)20)11-1-3-13(4-2-11)22-16(10-21)5-6-16/h1-4,7-9,21H,5-6,10H2. The lowest BCUT2D eigenvalue weighted by Crippen LogP contribution is -2.22. The van der Waals surface area contributed by atoms with Crippen LogP contribution in [0.3, 0.4) is 0 Å². The molecule has 1 aliphatic carbocycles. The molecule has 0 bridgehead atoms. The summed E-state index contributed by atoms with van der Waals surface area (Å²) < 4.78 is 8.46. The summed E-state index contributed by atoms with van der Waals surface area (Å²) in [5.41, 5.74) is 2.48. The van der Waals surface area contributed by atoms with Crippen molar-refractivity contribution in [1.29, 1.82) is 0 Å². The van der Waals surface area contributed by atoms with E-state index in [0.29, 0.717) is 0 Å². The number of nitrogens with zero attached hydrogens (tertiary/aromatic N) is 3. The van der Waals surface area contributed by atoms with Crippen LogP contribution in [0.5, 0.6) is 5.75 Å². The molecule has 0 radical (unpaired) electrons. The molecule has 1 N–H and O–H groups in total. The van der Waals surface area contributed by atoms with Gasteiger partial charge in [-0.15, -0.1) is 0 Å². The predicted molar refractivity (Wildman–Crippen MR) is 85.8 cm³/mol. The van der Waals surface area contributed by atoms with Crippen LogP contribution in [0.25, 0.3) is 16.8 Å². The monoisotopic (exact) mass is 359 g/mol. The number of hydrogen-bond donors (Lipinski definition) is 1. The van der Waals surface area contributed by atoms with Gasteiger partial charge in [0.25, 0.3) is 0 Å². The van der Waals surface area contributed by atoms with Crippen molar-refractivity contribution in [3.05, 3.63) is 47.3 Å². The Labute approximate surface area is 135 Å². The van der Waals surface area contributed by atoms with Gasteiger partial charge in [0.15, 0.2) is 5.65 Å². The average Bonchev–Trinajstić information content (AvgIpc) is 3.24. The molecule has 1 aromatic carbocycles. The maximum atomic E-state index is 9.31. The Balaban J connectivity index is 1.61. The van der Waals surface area contributed by atoms with Gasteiger partial charge >= 0.3 is 0 Å². The van der Waals surface area contributed by atoms with E-state index in [1.165, 1.54) is 0 Å². The van der Waals surface area contributed by atoms with E-state index in [1.807, 2.05) is 36.7 Å². The fourth-order valence-corrected chi connectivity index (χ4v) is 2.77. The number of aliphatic hydroxyl groups is 1. The molecule has 5 nitrogen and oxygen atoms in total. The fraction of sp³-hybridized carbons (Fsp3) is 0.250. The zero-order chi connectivity index (χ0) is 15.2. The summed E-state index contributed by atoms with van der Waals surface area (Å²) in [6, 6.07) is 7.83. The van der Waals surface area contributed by atoms with Crippen LogP contribution in [-0.2, 0) is 0 Å². The molecule has 0 aliphatic heterocycles. The number of aliphatic hydroxyl groups excluding tert-OH is 1. The van der Waals surface area contributed by atoms with Gasteiger partial charge in [0.1, 0.15) is 11.4 Å². The normalized spacial score (nSPS) is 15.9. The van der Waals surface area contributed by atoms with E-state index < -0.39 is 0 Å². The van der Waals surface area contributed by atoms with Crippen molar-refractivity contribution >= 4 is 21.6 Å². The van der Waals surface area contributed by atoms with Crippen molar-refractivity contribution < 1.29 is 9.84 Å². The summed E-state index contributed by atoms with van der Waals surface area (Å²) in [6.07, 6.45) is 7.33. The van der Waals surface area contributed by atoms with Gasteiger partial charge in [0.05, 0.1) is 17.3 Å². The van der Waals surface area contributed by atoms with Gasteiger partial charge in [-0.3, -0.25) is 0 Å². The molecule has 22 heavy (non-hydrogen) atoms. The summed E-state index contributed by atoms with van der Waals surface area (Å²) in [5.74, 6) is 0.783. The van der Waals surface area contributed by atoms with Crippen LogP contribution in [0.15, 0.2) is 47.3 Å². The third kappa shape index (κ3) is 2.38. The van der Waals surface area contributed by atoms with Gasteiger partial charge in [0.2, 0.25) is 0 Å². The molecule has 2 heterocycles. The van der Waals surface area contributed by atoms with E-state index in [9.17, 15) is 5.11 Å². The highest BCUT2D eigenvalue weighted by molar-refractivity contribution is 9.10. The van der Waals surface area contributed by atoms with E-state index in [-0.39, 0.29) is 12.2 Å². The van der Waals surface area contributed by atoms with Gasteiger partial charge in [-0.1, -0.05) is 12.1 Å². The number of halogens is 1. The Morgan fingerprint density at radius 3 is 2.64 bits per heavy atom. The quantitative estimate of drug-likeness (QED) is 0.777. The summed E-state index contributed by atoms with van der Waals surface area (Å²) >= 11 is 3.41. The third-order valence-corrected chi connectivity index (χ3v) is 4.49. The maximum absolute atomic E-state index is 9.31. The number of rotatable bonds is 4. The number of ether oxygens (including phenoxy) is 1. The molecule has 0 saturated heterocycles. The lowest BCUT2D eigenvalue weighted by Gasteiger charge is -2.15. The first-order valence-corrected chi connectivity index (χ1v) is 7.88. The zero-order valence-electron chi connectivity index (χ0n) is 11.7. The van der Waals surface area contributed by atoms with Crippen molar-refractivity contribution in [3.63, 3.8) is 0 Å². The largest absolute Gasteiger partial charge is 0.485 e. The second kappa shape index (κ2) is 5.07. The van der Waals surface area contributed by atoms with E-state index in [2.05, 4.69) is 26.0 Å². The van der Waals surface area contributed by atoms with Crippen LogP contribution in [0.1, 0.15) is 12.8 Å². The average molecular weight is 360 g/mol. The molecule has 1 fully saturated rings. The summed E-state index contributed by atoms with van der Waals surface area (Å²) in [4.78, 5) is 4.41. The van der Waals surface area contributed by atoms with Crippen molar-refractivity contribution in [1.82, 2.24) is 14.6 Å². The molecule has 0 amide bonds. The summed E-state index contributed by atoms with van der Waals surface area (Å²) in [7, 11) is 0. The lowest BCUT2D eigenvalue weighted by molar-refractivity contribution is 0.0954. The molecule has 112 valence electrons. The Bertz CT molecular complexity index is 825. The van der Waals surface area contributed by atoms with Gasteiger partial charge in [0, 0.05) is 18.0 Å². The van der Waals surface area contributed by atoms with Crippen LogP contribution in [-0.4, -0.2) is 31.9 Å². The number of aromatic nitrogens is 3. The lowest BCUT2D eigenvalue weighted by atomic mass is 10.1. The Morgan fingerprint density at radius 2 is 1.95 bits per heavy atom. The van der Waals surface area contributed by atoms with E-state index in [0.717, 1.165) is 39.8 Å². The van der Waals surface area contributed by atoms with Gasteiger partial charge in [-0.05, 0) is 46.5 Å². The molecular weight excluding hydrogens is 346 g/mol. The van der Waals surface area contributed by atoms with Crippen LogP contribution < -0.4 is 4.74 Å². The molecule has 0 unspecified atom stereocenters. The first kappa shape index (κ1) is 13.7.